The van der Waals surface area contributed by atoms with E-state index in [2.05, 4.69) is 46.2 Å². The Bertz CT molecular complexity index is 667. The fraction of sp³-hybridized carbons (Fsp3) is 0.154. The normalized spacial score (nSPS) is 11.1. The van der Waals surface area contributed by atoms with E-state index < -0.39 is 0 Å². The molecule has 0 aliphatic heterocycles. The summed E-state index contributed by atoms with van der Waals surface area (Å²) in [5, 5.41) is 5.68. The predicted octanol–water partition coefficient (Wildman–Crippen LogP) is 2.77. The molecule has 0 aliphatic carbocycles. The topological polar surface area (TPSA) is 29.9 Å². The second-order valence-corrected chi connectivity index (χ2v) is 3.88. The molecule has 0 spiro atoms. The maximum absolute atomic E-state index is 4.43. The molecular weight excluding hydrogens is 198 g/mol. The van der Waals surface area contributed by atoms with Gasteiger partial charge in [0, 0.05) is 36.8 Å². The van der Waals surface area contributed by atoms with Crippen LogP contribution in [0.4, 0.5) is 5.69 Å². The number of hydrogen-bond donors (Lipinski definition) is 1. The molecule has 16 heavy (non-hydrogen) atoms. The third-order valence-electron chi connectivity index (χ3n) is 3.05. The fourth-order valence-corrected chi connectivity index (χ4v) is 2.28. The molecule has 3 aromatic rings. The molecule has 2 heterocycles. The highest BCUT2D eigenvalue weighted by molar-refractivity contribution is 6.12. The average molecular weight is 211 g/mol. The van der Waals surface area contributed by atoms with Crippen molar-refractivity contribution in [2.75, 3.05) is 12.4 Å². The highest BCUT2D eigenvalue weighted by Gasteiger charge is 2.10. The molecule has 1 aromatic carbocycles. The predicted molar refractivity (Wildman–Crippen MR) is 67.8 cm³/mol. The second kappa shape index (κ2) is 3.23. The maximum atomic E-state index is 4.43. The van der Waals surface area contributed by atoms with Gasteiger partial charge in [0.15, 0.2) is 0 Å². The van der Waals surface area contributed by atoms with Crippen molar-refractivity contribution in [3.05, 3.63) is 36.5 Å². The number of aromatic nitrogens is 2. The largest absolute Gasteiger partial charge is 0.388 e. The quantitative estimate of drug-likeness (QED) is 0.670. The maximum Gasteiger partial charge on any atom is 0.140 e. The minimum Gasteiger partial charge on any atom is -0.388 e. The fourth-order valence-electron chi connectivity index (χ4n) is 2.28. The van der Waals surface area contributed by atoms with Gasteiger partial charge in [0.25, 0.3) is 0 Å². The van der Waals surface area contributed by atoms with Gasteiger partial charge < -0.3 is 9.88 Å². The SMILES string of the molecule is CNc1cccc2c1c1cccnc1n2C. The molecule has 3 rings (SSSR count). The summed E-state index contributed by atoms with van der Waals surface area (Å²) < 4.78 is 2.13. The number of benzene rings is 1. The van der Waals surface area contributed by atoms with Crippen LogP contribution in [0.2, 0.25) is 0 Å². The van der Waals surface area contributed by atoms with E-state index in [0.29, 0.717) is 0 Å². The third kappa shape index (κ3) is 1.05. The van der Waals surface area contributed by atoms with Gasteiger partial charge in [0.1, 0.15) is 5.65 Å². The Morgan fingerprint density at radius 2 is 2.06 bits per heavy atom. The number of nitrogens with one attached hydrogen (secondary N) is 1. The molecule has 0 amide bonds. The zero-order valence-corrected chi connectivity index (χ0v) is 9.36. The van der Waals surface area contributed by atoms with Crippen molar-refractivity contribution in [1.82, 2.24) is 9.55 Å². The lowest BCUT2D eigenvalue weighted by molar-refractivity contribution is 0.990. The monoisotopic (exact) mass is 211 g/mol. The molecule has 0 unspecified atom stereocenters. The number of aryl methyl sites for hydroxylation is 1. The Morgan fingerprint density at radius 3 is 2.88 bits per heavy atom. The van der Waals surface area contributed by atoms with Crippen molar-refractivity contribution in [1.29, 1.82) is 0 Å². The molecule has 3 nitrogen and oxygen atoms in total. The average Bonchev–Trinajstić information content (AvgIpc) is 2.64. The van der Waals surface area contributed by atoms with E-state index in [1.165, 1.54) is 16.3 Å². The van der Waals surface area contributed by atoms with Gasteiger partial charge in [-0.2, -0.15) is 0 Å². The highest BCUT2D eigenvalue weighted by atomic mass is 15.0. The van der Waals surface area contributed by atoms with Crippen LogP contribution in [0.1, 0.15) is 0 Å². The van der Waals surface area contributed by atoms with Gasteiger partial charge in [0.2, 0.25) is 0 Å². The van der Waals surface area contributed by atoms with Gasteiger partial charge in [-0.3, -0.25) is 0 Å². The van der Waals surface area contributed by atoms with Crippen molar-refractivity contribution >= 4 is 27.6 Å². The van der Waals surface area contributed by atoms with E-state index in [4.69, 9.17) is 0 Å². The number of hydrogen-bond acceptors (Lipinski definition) is 2. The molecule has 0 saturated heterocycles. The molecule has 0 fully saturated rings. The van der Waals surface area contributed by atoms with E-state index >= 15 is 0 Å². The minimum absolute atomic E-state index is 1.03. The Labute approximate surface area is 93.7 Å². The Kier molecular flexibility index (Phi) is 1.86. The molecule has 0 atom stereocenters. The van der Waals surface area contributed by atoms with Gasteiger partial charge in [-0.05, 0) is 24.3 Å². The minimum atomic E-state index is 1.03. The number of nitrogens with zero attached hydrogens (tertiary/aromatic N) is 2. The molecule has 0 aliphatic rings. The summed E-state index contributed by atoms with van der Waals surface area (Å²) in [5.41, 5.74) is 3.39. The van der Waals surface area contributed by atoms with Crippen LogP contribution in [-0.2, 0) is 7.05 Å². The van der Waals surface area contributed by atoms with Gasteiger partial charge in [0.05, 0.1) is 5.52 Å². The molecule has 80 valence electrons. The first-order chi connectivity index (χ1) is 7.83. The summed E-state index contributed by atoms with van der Waals surface area (Å²) >= 11 is 0. The van der Waals surface area contributed by atoms with Gasteiger partial charge in [-0.25, -0.2) is 4.98 Å². The lowest BCUT2D eigenvalue weighted by Crippen LogP contribution is -1.90. The Hall–Kier alpha value is -2.03. The lowest BCUT2D eigenvalue weighted by Gasteiger charge is -2.02. The number of rotatable bonds is 1. The van der Waals surface area contributed by atoms with Crippen molar-refractivity contribution in [3.63, 3.8) is 0 Å². The van der Waals surface area contributed by atoms with Crippen LogP contribution in [0.25, 0.3) is 21.9 Å². The molecule has 1 N–H and O–H groups in total. The third-order valence-corrected chi connectivity index (χ3v) is 3.05. The zero-order chi connectivity index (χ0) is 11.1. The van der Waals surface area contributed by atoms with Crippen molar-refractivity contribution in [2.45, 2.75) is 0 Å². The van der Waals surface area contributed by atoms with Gasteiger partial charge >= 0.3 is 0 Å². The first-order valence-corrected chi connectivity index (χ1v) is 5.33. The first-order valence-electron chi connectivity index (χ1n) is 5.33. The Morgan fingerprint density at radius 1 is 1.19 bits per heavy atom. The summed E-state index contributed by atoms with van der Waals surface area (Å²) in [4.78, 5) is 4.43. The molecule has 3 heteroatoms. The van der Waals surface area contributed by atoms with Crippen LogP contribution in [0.15, 0.2) is 36.5 Å². The Balaban J connectivity index is 2.62. The first kappa shape index (κ1) is 9.21. The van der Waals surface area contributed by atoms with Crippen LogP contribution in [0.5, 0.6) is 0 Å². The van der Waals surface area contributed by atoms with Crippen molar-refractivity contribution < 1.29 is 0 Å². The van der Waals surface area contributed by atoms with Crippen LogP contribution < -0.4 is 5.32 Å². The van der Waals surface area contributed by atoms with E-state index in [0.717, 1.165) is 11.3 Å². The summed E-state index contributed by atoms with van der Waals surface area (Å²) in [6.07, 6.45) is 1.83. The van der Waals surface area contributed by atoms with Crippen molar-refractivity contribution in [3.8, 4) is 0 Å². The second-order valence-electron chi connectivity index (χ2n) is 3.88. The van der Waals surface area contributed by atoms with E-state index in [1.54, 1.807) is 0 Å². The smallest absolute Gasteiger partial charge is 0.140 e. The van der Waals surface area contributed by atoms with Crippen LogP contribution in [0, 0.1) is 0 Å². The molecule has 0 bridgehead atoms. The van der Waals surface area contributed by atoms with E-state index in [1.807, 2.05) is 19.3 Å². The number of anilines is 1. The number of pyridine rings is 1. The van der Waals surface area contributed by atoms with E-state index in [9.17, 15) is 0 Å². The van der Waals surface area contributed by atoms with Crippen LogP contribution >= 0.6 is 0 Å². The van der Waals surface area contributed by atoms with Crippen molar-refractivity contribution in [2.24, 2.45) is 7.05 Å². The van der Waals surface area contributed by atoms with Crippen LogP contribution in [-0.4, -0.2) is 16.6 Å². The van der Waals surface area contributed by atoms with Crippen LogP contribution in [0.3, 0.4) is 0 Å². The molecule has 0 radical (unpaired) electrons. The molecule has 2 aromatic heterocycles. The number of fused-ring (bicyclic) bond motifs is 3. The van der Waals surface area contributed by atoms with Gasteiger partial charge in [-0.15, -0.1) is 0 Å². The molecule has 0 saturated carbocycles. The van der Waals surface area contributed by atoms with E-state index in [-0.39, 0.29) is 0 Å². The summed E-state index contributed by atoms with van der Waals surface area (Å²) in [6, 6.07) is 10.4. The standard InChI is InChI=1S/C13H13N3/c1-14-10-6-3-7-11-12(10)9-5-4-8-15-13(9)16(11)2/h3-8,14H,1-2H3. The highest BCUT2D eigenvalue weighted by Crippen LogP contribution is 2.31. The summed E-state index contributed by atoms with van der Waals surface area (Å²) in [7, 11) is 4.00. The molecular formula is C13H13N3. The zero-order valence-electron chi connectivity index (χ0n) is 9.36. The summed E-state index contributed by atoms with van der Waals surface area (Å²) in [6.45, 7) is 0. The van der Waals surface area contributed by atoms with Gasteiger partial charge in [-0.1, -0.05) is 6.07 Å². The lowest BCUT2D eigenvalue weighted by atomic mass is 10.1. The summed E-state index contributed by atoms with van der Waals surface area (Å²) in [5.74, 6) is 0.